The number of nitrogens with one attached hydrogen (secondary N) is 1. The van der Waals surface area contributed by atoms with Gasteiger partial charge in [-0.15, -0.1) is 10.2 Å². The summed E-state index contributed by atoms with van der Waals surface area (Å²) in [5, 5.41) is 22.3. The zero-order valence-electron chi connectivity index (χ0n) is 26.1. The van der Waals surface area contributed by atoms with Gasteiger partial charge in [0.1, 0.15) is 11.5 Å². The van der Waals surface area contributed by atoms with Gasteiger partial charge in [0.15, 0.2) is 5.13 Å². The number of nitrogens with zero attached hydrogens (tertiary/aromatic N) is 5. The van der Waals surface area contributed by atoms with E-state index in [2.05, 4.69) is 25.7 Å². The Morgan fingerprint density at radius 1 is 0.917 bits per heavy atom. The summed E-state index contributed by atoms with van der Waals surface area (Å²) in [7, 11) is -1.20. The second-order valence-corrected chi connectivity index (χ2v) is 13.4. The van der Waals surface area contributed by atoms with Gasteiger partial charge in [0.05, 0.1) is 41.4 Å². The number of anilines is 1. The second-order valence-electron chi connectivity index (χ2n) is 10.8. The number of fused-ring (bicyclic) bond motifs is 1. The molecule has 1 amide bonds. The minimum absolute atomic E-state index is 0.00719. The van der Waals surface area contributed by atoms with Crippen molar-refractivity contribution in [2.45, 2.75) is 30.8 Å². The molecule has 5 N–H and O–H groups in total. The summed E-state index contributed by atoms with van der Waals surface area (Å²) in [4.78, 5) is 18.6. The lowest BCUT2D eigenvalue weighted by atomic mass is 9.94. The van der Waals surface area contributed by atoms with Crippen LogP contribution >= 0.6 is 11.3 Å². The fourth-order valence-corrected chi connectivity index (χ4v) is 7.14. The van der Waals surface area contributed by atoms with Crippen LogP contribution in [0.2, 0.25) is 0 Å². The lowest BCUT2D eigenvalue weighted by molar-refractivity contribution is -0.121. The third kappa shape index (κ3) is 7.12. The molecule has 48 heavy (non-hydrogen) atoms. The third-order valence-electron chi connectivity index (χ3n) is 7.68. The first-order valence-corrected chi connectivity index (χ1v) is 17.1. The zero-order chi connectivity index (χ0) is 33.8. The number of nitrogen functional groups attached to an aromatic ring is 1. The van der Waals surface area contributed by atoms with Crippen LogP contribution in [0, 0.1) is 0 Å². The van der Waals surface area contributed by atoms with Crippen molar-refractivity contribution in [1.29, 1.82) is 0 Å². The Hall–Kier alpha value is -5.38. The molecule has 6 aromatic rings. The molecule has 2 heterocycles. The van der Waals surface area contributed by atoms with Crippen LogP contribution in [-0.2, 0) is 34.3 Å². The van der Waals surface area contributed by atoms with Crippen LogP contribution in [0.1, 0.15) is 23.1 Å². The maximum Gasteiger partial charge on any atom is 0.239 e. The molecule has 246 valence electrons. The number of benzene rings is 4. The number of carbonyl (C=O) groups is 1. The summed E-state index contributed by atoms with van der Waals surface area (Å²) >= 11 is 1.32. The van der Waals surface area contributed by atoms with Crippen molar-refractivity contribution < 1.29 is 22.7 Å². The number of methoxy groups -OCH3 is 2. The number of primary sulfonamides is 1. The Bertz CT molecular complexity index is 2200. The molecule has 0 unspecified atom stereocenters. The highest BCUT2D eigenvalue weighted by Crippen LogP contribution is 2.41. The topological polar surface area (TPSA) is 190 Å². The number of aryl methyl sites for hydroxylation is 1. The van der Waals surface area contributed by atoms with Crippen LogP contribution in [0.5, 0.6) is 11.5 Å². The number of ether oxygens (including phenoxy) is 2. The number of rotatable bonds is 12. The Labute approximate surface area is 280 Å². The number of para-hydroxylation sites is 1. The van der Waals surface area contributed by atoms with E-state index in [1.54, 1.807) is 26.4 Å². The van der Waals surface area contributed by atoms with E-state index in [0.717, 1.165) is 15.8 Å². The number of amides is 1. The van der Waals surface area contributed by atoms with Crippen molar-refractivity contribution in [2.24, 2.45) is 5.14 Å². The van der Waals surface area contributed by atoms with Gasteiger partial charge in [0, 0.05) is 18.5 Å². The van der Waals surface area contributed by atoms with Crippen LogP contribution in [0.3, 0.4) is 0 Å². The van der Waals surface area contributed by atoms with E-state index in [0.29, 0.717) is 45.4 Å². The molecule has 0 radical (unpaired) electrons. The van der Waals surface area contributed by atoms with E-state index >= 15 is 0 Å². The van der Waals surface area contributed by atoms with Crippen molar-refractivity contribution in [3.63, 3.8) is 0 Å². The maximum absolute atomic E-state index is 13.4. The highest BCUT2D eigenvalue weighted by molar-refractivity contribution is 7.89. The Balaban J connectivity index is 1.38. The molecule has 0 spiro atoms. The fraction of sp³-hybridized carbons (Fsp3) is 0.182. The molecule has 0 aliphatic carbocycles. The summed E-state index contributed by atoms with van der Waals surface area (Å²) in [6.07, 6.45) is 0.0918. The van der Waals surface area contributed by atoms with Gasteiger partial charge in [0.2, 0.25) is 21.8 Å². The van der Waals surface area contributed by atoms with Gasteiger partial charge in [-0.05, 0) is 64.2 Å². The second kappa shape index (κ2) is 13.8. The van der Waals surface area contributed by atoms with Gasteiger partial charge in [-0.1, -0.05) is 59.9 Å². The number of nitrogens with two attached hydrogens (primary N) is 2. The van der Waals surface area contributed by atoms with E-state index in [9.17, 15) is 13.2 Å². The van der Waals surface area contributed by atoms with Gasteiger partial charge in [-0.25, -0.2) is 18.5 Å². The number of aromatic nitrogens is 5. The summed E-state index contributed by atoms with van der Waals surface area (Å²) < 4.78 is 38.1. The van der Waals surface area contributed by atoms with Crippen molar-refractivity contribution in [2.75, 3.05) is 20.0 Å². The fourth-order valence-electron chi connectivity index (χ4n) is 5.36. The van der Waals surface area contributed by atoms with Gasteiger partial charge in [-0.2, -0.15) is 4.80 Å². The van der Waals surface area contributed by atoms with Crippen LogP contribution in [0.25, 0.3) is 32.7 Å². The average Bonchev–Trinajstić information content (AvgIpc) is 3.71. The molecule has 6 rings (SSSR count). The molecule has 0 aliphatic rings. The summed E-state index contributed by atoms with van der Waals surface area (Å²) in [5.74, 6) is 1.21. The number of hydrogen-bond donors (Lipinski definition) is 3. The van der Waals surface area contributed by atoms with Crippen molar-refractivity contribution in [3.05, 3.63) is 95.6 Å². The molecular weight excluding hydrogens is 653 g/mol. The lowest BCUT2D eigenvalue weighted by Crippen LogP contribution is -2.24. The predicted octanol–water partition coefficient (Wildman–Crippen LogP) is 4.16. The first-order valence-electron chi connectivity index (χ1n) is 14.8. The molecular formula is C33H32N8O5S2. The highest BCUT2D eigenvalue weighted by Gasteiger charge is 2.28. The largest absolute Gasteiger partial charge is 0.497 e. The van der Waals surface area contributed by atoms with Crippen LogP contribution < -0.4 is 25.7 Å². The quantitative estimate of drug-likeness (QED) is 0.169. The molecule has 13 nitrogen and oxygen atoms in total. The minimum Gasteiger partial charge on any atom is -0.497 e. The van der Waals surface area contributed by atoms with Gasteiger partial charge in [0.25, 0.3) is 0 Å². The molecule has 0 saturated heterocycles. The van der Waals surface area contributed by atoms with E-state index in [1.807, 2.05) is 66.7 Å². The third-order valence-corrected chi connectivity index (χ3v) is 9.56. The Kier molecular flexibility index (Phi) is 9.34. The van der Waals surface area contributed by atoms with Crippen molar-refractivity contribution in [3.8, 4) is 34.0 Å². The number of sulfonamides is 1. The number of carbonyl (C=O) groups excluding carboxylic acids is 1. The highest BCUT2D eigenvalue weighted by atomic mass is 32.2. The number of tetrazole rings is 1. The molecule has 0 bridgehead atoms. The summed E-state index contributed by atoms with van der Waals surface area (Å²) in [5.41, 5.74) is 10.0. The normalized spacial score (nSPS) is 11.5. The Morgan fingerprint density at radius 2 is 1.60 bits per heavy atom. The molecule has 0 atom stereocenters. The lowest BCUT2D eigenvalue weighted by Gasteiger charge is -2.16. The van der Waals surface area contributed by atoms with E-state index in [-0.39, 0.29) is 41.6 Å². The number of hydrogen-bond acceptors (Lipinski definition) is 11. The first-order chi connectivity index (χ1) is 23.1. The zero-order valence-corrected chi connectivity index (χ0v) is 27.7. The van der Waals surface area contributed by atoms with Gasteiger partial charge >= 0.3 is 0 Å². The molecule has 4 aromatic carbocycles. The predicted molar refractivity (Wildman–Crippen MR) is 183 cm³/mol. The van der Waals surface area contributed by atoms with Gasteiger partial charge in [-0.3, -0.25) is 4.79 Å². The molecule has 0 aliphatic heterocycles. The smallest absolute Gasteiger partial charge is 0.239 e. The molecule has 0 saturated carbocycles. The first kappa shape index (κ1) is 32.6. The average molecular weight is 685 g/mol. The van der Waals surface area contributed by atoms with Crippen LogP contribution in [0.4, 0.5) is 5.13 Å². The van der Waals surface area contributed by atoms with E-state index in [1.165, 1.54) is 16.1 Å². The number of thiazole rings is 1. The SMILES string of the molecule is COc1ccc(CNC(=O)CCc2ccc(-c3cccc4sc(N)nc34)c(-c3nnn(Cc4ccc(OC)cc4)n3)c2S(N)(=O)=O)cc1. The standard InChI is InChI=1S/C33H32N8O5S2/c1-45-23-12-6-20(7-13-23)18-36-28(42)17-11-22-10-16-25(26-4-3-5-27-30(26)37-33(34)47-27)29(31(22)48(35,43)44)32-38-40-41(39-32)19-21-8-14-24(46-2)15-9-21/h3-10,12-16H,11,17-19H2,1-2H3,(H2,34,37)(H,36,42)(H2,35,43,44). The Morgan fingerprint density at radius 3 is 2.27 bits per heavy atom. The van der Waals surface area contributed by atoms with Crippen LogP contribution in [0.15, 0.2) is 83.8 Å². The van der Waals surface area contributed by atoms with E-state index in [4.69, 9.17) is 20.3 Å². The molecule has 2 aromatic heterocycles. The van der Waals surface area contributed by atoms with Crippen molar-refractivity contribution in [1.82, 2.24) is 30.5 Å². The minimum atomic E-state index is -4.37. The van der Waals surface area contributed by atoms with Crippen LogP contribution in [-0.4, -0.2) is 53.7 Å². The van der Waals surface area contributed by atoms with Gasteiger partial charge < -0.3 is 20.5 Å². The molecule has 0 fully saturated rings. The molecule has 15 heteroatoms. The maximum atomic E-state index is 13.4. The summed E-state index contributed by atoms with van der Waals surface area (Å²) in [6.45, 7) is 0.570. The monoisotopic (exact) mass is 684 g/mol. The van der Waals surface area contributed by atoms with Crippen molar-refractivity contribution >= 4 is 42.6 Å². The van der Waals surface area contributed by atoms with E-state index < -0.39 is 10.0 Å². The summed E-state index contributed by atoms with van der Waals surface area (Å²) in [6, 6.07) is 23.7.